The number of nitrogens with two attached hydrogens (primary N) is 1. The number of nitrogens with one attached hydrogen (secondary N) is 2. The molecule has 0 spiro atoms. The van der Waals surface area contributed by atoms with Gasteiger partial charge in [-0.15, -0.1) is 0 Å². The molecule has 6 heteroatoms. The third-order valence-corrected chi connectivity index (χ3v) is 2.30. The Balaban J connectivity index is 2.28. The van der Waals surface area contributed by atoms with Gasteiger partial charge in [0.05, 0.1) is 19.4 Å². The summed E-state index contributed by atoms with van der Waals surface area (Å²) in [4.78, 5) is 2.26. The topological polar surface area (TPSA) is 62.5 Å². The van der Waals surface area contributed by atoms with E-state index in [1.165, 1.54) is 0 Å². The summed E-state index contributed by atoms with van der Waals surface area (Å²) in [6, 6.07) is 0. The van der Waals surface area contributed by atoms with Crippen molar-refractivity contribution in [2.75, 3.05) is 26.3 Å². The number of rotatable bonds is 2. The molecule has 76 valence electrons. The van der Waals surface area contributed by atoms with Crippen molar-refractivity contribution in [2.24, 2.45) is 5.84 Å². The van der Waals surface area contributed by atoms with Crippen LogP contribution in [0.1, 0.15) is 6.92 Å². The molecule has 0 bridgehead atoms. The molecule has 13 heavy (non-hydrogen) atoms. The van der Waals surface area contributed by atoms with E-state index in [-0.39, 0.29) is 6.17 Å². The van der Waals surface area contributed by atoms with Crippen molar-refractivity contribution in [2.45, 2.75) is 13.1 Å². The smallest absolute Gasteiger partial charge is 0.181 e. The summed E-state index contributed by atoms with van der Waals surface area (Å²) in [6.07, 6.45) is 0.201. The molecule has 0 saturated carbocycles. The molecule has 1 aliphatic rings. The van der Waals surface area contributed by atoms with Gasteiger partial charge in [-0.1, -0.05) is 0 Å². The molecular formula is C7H16N4OS. The molecule has 5 nitrogen and oxygen atoms in total. The van der Waals surface area contributed by atoms with Crippen LogP contribution < -0.4 is 16.6 Å². The first kappa shape index (κ1) is 10.6. The molecule has 0 aliphatic carbocycles. The van der Waals surface area contributed by atoms with E-state index in [4.69, 9.17) is 22.8 Å². The number of nitrogens with zero attached hydrogens (tertiary/aromatic N) is 1. The third-order valence-electron chi connectivity index (χ3n) is 2.06. The zero-order chi connectivity index (χ0) is 9.68. The molecule has 1 aliphatic heterocycles. The Labute approximate surface area is 83.6 Å². The van der Waals surface area contributed by atoms with Crippen molar-refractivity contribution in [3.05, 3.63) is 0 Å². The van der Waals surface area contributed by atoms with Crippen molar-refractivity contribution >= 4 is 17.3 Å². The van der Waals surface area contributed by atoms with Crippen LogP contribution >= 0.6 is 12.2 Å². The largest absolute Gasteiger partial charge is 0.379 e. The molecule has 1 heterocycles. The summed E-state index contributed by atoms with van der Waals surface area (Å²) in [5.74, 6) is 5.15. The average molecular weight is 204 g/mol. The van der Waals surface area contributed by atoms with Crippen LogP contribution in [0.15, 0.2) is 0 Å². The SMILES string of the molecule is CC(NC(=S)NN)N1CCOCC1. The van der Waals surface area contributed by atoms with Crippen LogP contribution in [-0.4, -0.2) is 42.5 Å². The number of ether oxygens (including phenoxy) is 1. The summed E-state index contributed by atoms with van der Waals surface area (Å²) in [5, 5.41) is 3.54. The fourth-order valence-electron chi connectivity index (χ4n) is 1.29. The van der Waals surface area contributed by atoms with Gasteiger partial charge in [0.1, 0.15) is 0 Å². The van der Waals surface area contributed by atoms with Gasteiger partial charge in [0.15, 0.2) is 5.11 Å². The maximum atomic E-state index is 5.24. The molecular weight excluding hydrogens is 188 g/mol. The average Bonchev–Trinajstić information content (AvgIpc) is 2.19. The molecule has 1 atom stereocenters. The molecule has 1 unspecified atom stereocenters. The van der Waals surface area contributed by atoms with Gasteiger partial charge >= 0.3 is 0 Å². The van der Waals surface area contributed by atoms with E-state index in [9.17, 15) is 0 Å². The Morgan fingerprint density at radius 1 is 1.54 bits per heavy atom. The van der Waals surface area contributed by atoms with Crippen LogP contribution in [0, 0.1) is 0 Å². The lowest BCUT2D eigenvalue weighted by atomic mass is 10.4. The molecule has 0 radical (unpaired) electrons. The molecule has 0 aromatic carbocycles. The maximum Gasteiger partial charge on any atom is 0.181 e. The highest BCUT2D eigenvalue weighted by Gasteiger charge is 2.16. The zero-order valence-electron chi connectivity index (χ0n) is 7.75. The lowest BCUT2D eigenvalue weighted by Crippen LogP contribution is -2.53. The van der Waals surface area contributed by atoms with Crippen molar-refractivity contribution in [1.29, 1.82) is 0 Å². The van der Waals surface area contributed by atoms with E-state index in [2.05, 4.69) is 22.6 Å². The fraction of sp³-hybridized carbons (Fsp3) is 0.857. The predicted molar refractivity (Wildman–Crippen MR) is 54.9 cm³/mol. The molecule has 4 N–H and O–H groups in total. The summed E-state index contributed by atoms with van der Waals surface area (Å²) in [7, 11) is 0. The van der Waals surface area contributed by atoms with E-state index < -0.39 is 0 Å². The van der Waals surface area contributed by atoms with Crippen LogP contribution in [0.5, 0.6) is 0 Å². The molecule has 0 aromatic heterocycles. The monoisotopic (exact) mass is 204 g/mol. The molecule has 0 aromatic rings. The van der Waals surface area contributed by atoms with Gasteiger partial charge in [0.2, 0.25) is 0 Å². The van der Waals surface area contributed by atoms with Crippen LogP contribution in [0.4, 0.5) is 0 Å². The zero-order valence-corrected chi connectivity index (χ0v) is 8.56. The van der Waals surface area contributed by atoms with Gasteiger partial charge in [0, 0.05) is 13.1 Å². The minimum absolute atomic E-state index is 0.201. The number of thiocarbonyl (C=S) groups is 1. The lowest BCUT2D eigenvalue weighted by molar-refractivity contribution is 0.0173. The van der Waals surface area contributed by atoms with E-state index in [0.29, 0.717) is 5.11 Å². The van der Waals surface area contributed by atoms with Gasteiger partial charge < -0.3 is 15.5 Å². The Bertz CT molecular complexity index is 172. The third kappa shape index (κ3) is 3.43. The molecule has 1 saturated heterocycles. The fourth-order valence-corrected chi connectivity index (χ4v) is 1.46. The van der Waals surface area contributed by atoms with Crippen LogP contribution in [0.3, 0.4) is 0 Å². The second-order valence-corrected chi connectivity index (χ2v) is 3.35. The van der Waals surface area contributed by atoms with Gasteiger partial charge in [-0.3, -0.25) is 4.90 Å². The van der Waals surface area contributed by atoms with Crippen molar-refractivity contribution < 1.29 is 4.74 Å². The second-order valence-electron chi connectivity index (χ2n) is 2.94. The van der Waals surface area contributed by atoms with Crippen LogP contribution in [0.25, 0.3) is 0 Å². The minimum Gasteiger partial charge on any atom is -0.379 e. The molecule has 1 fully saturated rings. The number of morpholine rings is 1. The van der Waals surface area contributed by atoms with Gasteiger partial charge in [-0.25, -0.2) is 5.84 Å². The van der Waals surface area contributed by atoms with E-state index in [1.54, 1.807) is 0 Å². The summed E-state index contributed by atoms with van der Waals surface area (Å²) in [6.45, 7) is 5.49. The summed E-state index contributed by atoms with van der Waals surface area (Å²) < 4.78 is 5.24. The van der Waals surface area contributed by atoms with Crippen molar-refractivity contribution in [3.8, 4) is 0 Å². The first-order chi connectivity index (χ1) is 6.24. The maximum absolute atomic E-state index is 5.24. The number of hydrogen-bond acceptors (Lipinski definition) is 4. The first-order valence-electron chi connectivity index (χ1n) is 4.33. The quantitative estimate of drug-likeness (QED) is 0.305. The van der Waals surface area contributed by atoms with Crippen molar-refractivity contribution in [3.63, 3.8) is 0 Å². The normalized spacial score (nSPS) is 20.8. The predicted octanol–water partition coefficient (Wildman–Crippen LogP) is -0.998. The lowest BCUT2D eigenvalue weighted by Gasteiger charge is -2.32. The number of hydrogen-bond donors (Lipinski definition) is 3. The minimum atomic E-state index is 0.201. The molecule has 1 rings (SSSR count). The van der Waals surface area contributed by atoms with E-state index in [0.717, 1.165) is 26.3 Å². The van der Waals surface area contributed by atoms with Crippen LogP contribution in [-0.2, 0) is 4.74 Å². The highest BCUT2D eigenvalue weighted by molar-refractivity contribution is 7.80. The Morgan fingerprint density at radius 2 is 2.15 bits per heavy atom. The van der Waals surface area contributed by atoms with Gasteiger partial charge in [0.25, 0.3) is 0 Å². The number of hydrazine groups is 1. The Hall–Kier alpha value is -0.430. The van der Waals surface area contributed by atoms with Gasteiger partial charge in [-0.2, -0.15) is 0 Å². The van der Waals surface area contributed by atoms with E-state index >= 15 is 0 Å². The highest BCUT2D eigenvalue weighted by Crippen LogP contribution is 2.00. The molecule has 0 amide bonds. The van der Waals surface area contributed by atoms with Gasteiger partial charge in [-0.05, 0) is 19.1 Å². The second kappa shape index (κ2) is 5.33. The Morgan fingerprint density at radius 3 is 2.69 bits per heavy atom. The van der Waals surface area contributed by atoms with Crippen LogP contribution in [0.2, 0.25) is 0 Å². The standard InChI is InChI=1S/C7H16N4OS/c1-6(9-7(13)10-8)11-2-4-12-5-3-11/h6H,2-5,8H2,1H3,(H2,9,10,13). The van der Waals surface area contributed by atoms with Crippen molar-refractivity contribution in [1.82, 2.24) is 15.6 Å². The first-order valence-corrected chi connectivity index (χ1v) is 4.74. The summed E-state index contributed by atoms with van der Waals surface area (Å²) >= 11 is 4.90. The van der Waals surface area contributed by atoms with E-state index in [1.807, 2.05) is 0 Å². The Kier molecular flexibility index (Phi) is 4.37. The summed E-state index contributed by atoms with van der Waals surface area (Å²) in [5.41, 5.74) is 2.40. The highest BCUT2D eigenvalue weighted by atomic mass is 32.1.